The zero-order chi connectivity index (χ0) is 22.7. The Labute approximate surface area is 191 Å². The molecule has 0 radical (unpaired) electrons. The number of amidine groups is 1. The number of carbonyl (C=O) groups excluding carboxylic acids is 1. The first-order chi connectivity index (χ1) is 15.4. The number of dihydropyridines is 1. The van der Waals surface area contributed by atoms with Gasteiger partial charge in [-0.05, 0) is 43.0 Å². The Morgan fingerprint density at radius 2 is 2.03 bits per heavy atom. The molecule has 1 aliphatic heterocycles. The van der Waals surface area contributed by atoms with Gasteiger partial charge in [-0.1, -0.05) is 36.6 Å². The first-order valence-corrected chi connectivity index (χ1v) is 11.3. The zero-order valence-electron chi connectivity index (χ0n) is 17.7. The van der Waals surface area contributed by atoms with E-state index in [1.54, 1.807) is 12.4 Å². The molecule has 7 nitrogen and oxygen atoms in total. The van der Waals surface area contributed by atoms with Crippen LogP contribution >= 0.6 is 11.6 Å². The average molecular weight is 459 g/mol. The first kappa shape index (κ1) is 22.6. The van der Waals surface area contributed by atoms with Gasteiger partial charge < -0.3 is 16.8 Å². The Bertz CT molecular complexity index is 990. The van der Waals surface area contributed by atoms with Crippen molar-refractivity contribution in [2.75, 3.05) is 5.32 Å². The third-order valence-corrected chi connectivity index (χ3v) is 6.35. The lowest BCUT2D eigenvalue weighted by Gasteiger charge is -2.34. The van der Waals surface area contributed by atoms with Gasteiger partial charge in [0, 0.05) is 29.2 Å². The Hall–Kier alpha value is -2.55. The van der Waals surface area contributed by atoms with Crippen LogP contribution in [0.4, 0.5) is 10.1 Å². The number of pyridine rings is 1. The summed E-state index contributed by atoms with van der Waals surface area (Å²) < 4.78 is 14.8. The predicted molar refractivity (Wildman–Crippen MR) is 125 cm³/mol. The summed E-state index contributed by atoms with van der Waals surface area (Å²) in [5, 5.41) is 7.02. The van der Waals surface area contributed by atoms with Gasteiger partial charge >= 0.3 is 0 Å². The molecule has 0 spiro atoms. The molecule has 3 unspecified atom stereocenters. The largest absolute Gasteiger partial charge is 0.365 e. The summed E-state index contributed by atoms with van der Waals surface area (Å²) in [5.41, 5.74) is 13.3. The number of allylic oxidation sites excluding steroid dienone is 4. The standard InChI is InChI=1S/C23H28ClFN6O/c24-15-5-3-4-13(8-15)14-9-16(12-28-11-14)29-22-17(21(27)32)10-18(25)23(31-22)30-20-7-2-1-6-19(20)26/h3,5,8-13,18-20,23,30H,1-2,4,6-7,26H2,(H2,27,32)(H,29,31)/t13?,18?,19-,20+,23?/m0/s1. The van der Waals surface area contributed by atoms with Crippen LogP contribution in [0.1, 0.15) is 43.6 Å². The van der Waals surface area contributed by atoms with Gasteiger partial charge in [0.2, 0.25) is 0 Å². The number of hydrogen-bond donors (Lipinski definition) is 4. The summed E-state index contributed by atoms with van der Waals surface area (Å²) >= 11 is 6.14. The highest BCUT2D eigenvalue weighted by molar-refractivity contribution is 6.31. The van der Waals surface area contributed by atoms with Crippen LogP contribution in [0.3, 0.4) is 0 Å². The lowest BCUT2D eigenvalue weighted by Crippen LogP contribution is -2.54. The van der Waals surface area contributed by atoms with Gasteiger partial charge in [-0.3, -0.25) is 15.1 Å². The van der Waals surface area contributed by atoms with E-state index in [1.165, 1.54) is 6.08 Å². The van der Waals surface area contributed by atoms with Crippen molar-refractivity contribution in [2.24, 2.45) is 16.5 Å². The van der Waals surface area contributed by atoms with Gasteiger partial charge in [0.15, 0.2) is 6.17 Å². The van der Waals surface area contributed by atoms with Crippen LogP contribution in [-0.4, -0.2) is 41.1 Å². The Kier molecular flexibility index (Phi) is 7.03. The van der Waals surface area contributed by atoms with Gasteiger partial charge in [-0.2, -0.15) is 0 Å². The zero-order valence-corrected chi connectivity index (χ0v) is 18.4. The third-order valence-electron chi connectivity index (χ3n) is 6.10. The number of aromatic nitrogens is 1. The molecule has 2 aliphatic carbocycles. The van der Waals surface area contributed by atoms with Crippen LogP contribution in [-0.2, 0) is 4.79 Å². The molecular formula is C23H28ClFN6O. The van der Waals surface area contributed by atoms with E-state index in [2.05, 4.69) is 20.6 Å². The predicted octanol–water partition coefficient (Wildman–Crippen LogP) is 3.01. The Morgan fingerprint density at radius 3 is 2.78 bits per heavy atom. The number of primary amides is 1. The Morgan fingerprint density at radius 1 is 1.22 bits per heavy atom. The van der Waals surface area contributed by atoms with Crippen LogP contribution in [0.5, 0.6) is 0 Å². The van der Waals surface area contributed by atoms with E-state index in [0.29, 0.717) is 10.7 Å². The van der Waals surface area contributed by atoms with Gasteiger partial charge in [0.1, 0.15) is 12.0 Å². The van der Waals surface area contributed by atoms with E-state index < -0.39 is 18.2 Å². The van der Waals surface area contributed by atoms with Crippen LogP contribution in [0.25, 0.3) is 0 Å². The molecule has 1 aromatic rings. The molecule has 4 rings (SSSR count). The van der Waals surface area contributed by atoms with Crippen molar-refractivity contribution in [3.63, 3.8) is 0 Å². The van der Waals surface area contributed by atoms with E-state index in [-0.39, 0.29) is 29.4 Å². The first-order valence-electron chi connectivity index (χ1n) is 10.9. The number of anilines is 1. The quantitative estimate of drug-likeness (QED) is 0.541. The molecule has 9 heteroatoms. The molecule has 0 aromatic carbocycles. The molecule has 32 heavy (non-hydrogen) atoms. The topological polar surface area (TPSA) is 118 Å². The summed E-state index contributed by atoms with van der Waals surface area (Å²) in [6.45, 7) is 0. The number of nitrogens with zero attached hydrogens (tertiary/aromatic N) is 2. The number of nitrogens with one attached hydrogen (secondary N) is 2. The fourth-order valence-corrected chi connectivity index (χ4v) is 4.60. The van der Waals surface area contributed by atoms with Crippen molar-refractivity contribution < 1.29 is 9.18 Å². The summed E-state index contributed by atoms with van der Waals surface area (Å²) in [4.78, 5) is 20.7. The van der Waals surface area contributed by atoms with Gasteiger partial charge in [0.05, 0.1) is 17.5 Å². The van der Waals surface area contributed by atoms with Gasteiger partial charge in [-0.15, -0.1) is 0 Å². The summed E-state index contributed by atoms with van der Waals surface area (Å²) in [6.07, 6.45) is 12.8. The number of halogens is 2. The minimum atomic E-state index is -1.48. The maximum Gasteiger partial charge on any atom is 0.252 e. The van der Waals surface area contributed by atoms with Gasteiger partial charge in [-0.25, -0.2) is 9.38 Å². The molecule has 3 aliphatic rings. The van der Waals surface area contributed by atoms with Crippen molar-refractivity contribution in [2.45, 2.75) is 62.4 Å². The maximum absolute atomic E-state index is 14.8. The summed E-state index contributed by atoms with van der Waals surface area (Å²) in [6, 6.07) is 1.84. The smallest absolute Gasteiger partial charge is 0.252 e. The fraction of sp³-hybridized carbons (Fsp3) is 0.435. The number of hydrogen-bond acceptors (Lipinski definition) is 6. The molecule has 1 saturated carbocycles. The van der Waals surface area contributed by atoms with Crippen LogP contribution < -0.4 is 22.1 Å². The monoisotopic (exact) mass is 458 g/mol. The second-order valence-electron chi connectivity index (χ2n) is 8.46. The van der Waals surface area contributed by atoms with Crippen molar-refractivity contribution >= 4 is 29.0 Å². The number of nitrogens with two attached hydrogens (primary N) is 2. The molecule has 0 bridgehead atoms. The summed E-state index contributed by atoms with van der Waals surface area (Å²) in [7, 11) is 0. The highest BCUT2D eigenvalue weighted by Crippen LogP contribution is 2.30. The number of rotatable bonds is 5. The summed E-state index contributed by atoms with van der Waals surface area (Å²) in [5.74, 6) is -0.439. The third kappa shape index (κ3) is 5.26. The SMILES string of the molecule is NC(=O)C1=CC(F)C(N[C@@H]2CCCC[C@@H]2N)N=C1Nc1cncc(C2C=C(Cl)C=CC2)c1. The minimum absolute atomic E-state index is 0.0115. The molecule has 2 heterocycles. The number of aliphatic imine (C=N–C) groups is 1. The highest BCUT2D eigenvalue weighted by atomic mass is 35.5. The lowest BCUT2D eigenvalue weighted by molar-refractivity contribution is -0.114. The van der Waals surface area contributed by atoms with E-state index in [9.17, 15) is 9.18 Å². The second kappa shape index (κ2) is 9.94. The minimum Gasteiger partial charge on any atom is -0.365 e. The highest BCUT2D eigenvalue weighted by Gasteiger charge is 2.32. The lowest BCUT2D eigenvalue weighted by atomic mass is 9.90. The normalized spacial score (nSPS) is 30.2. The van der Waals surface area contributed by atoms with E-state index >= 15 is 0 Å². The number of carbonyl (C=O) groups is 1. The van der Waals surface area contributed by atoms with Crippen molar-refractivity contribution in [1.29, 1.82) is 0 Å². The van der Waals surface area contributed by atoms with E-state index in [1.807, 2.05) is 24.3 Å². The average Bonchev–Trinajstić information content (AvgIpc) is 2.77. The molecule has 5 atom stereocenters. The van der Waals surface area contributed by atoms with E-state index in [4.69, 9.17) is 23.1 Å². The Balaban J connectivity index is 1.55. The molecule has 170 valence electrons. The van der Waals surface area contributed by atoms with E-state index in [0.717, 1.165) is 37.7 Å². The second-order valence-corrected chi connectivity index (χ2v) is 8.90. The fourth-order valence-electron chi connectivity index (χ4n) is 4.36. The molecule has 1 aromatic heterocycles. The molecule has 6 N–H and O–H groups in total. The van der Waals surface area contributed by atoms with Crippen molar-refractivity contribution in [3.8, 4) is 0 Å². The van der Waals surface area contributed by atoms with Gasteiger partial charge in [0.25, 0.3) is 5.91 Å². The number of alkyl halides is 1. The van der Waals surface area contributed by atoms with Crippen LogP contribution in [0.2, 0.25) is 0 Å². The van der Waals surface area contributed by atoms with Crippen molar-refractivity contribution in [1.82, 2.24) is 10.3 Å². The van der Waals surface area contributed by atoms with Crippen LogP contribution in [0, 0.1) is 0 Å². The molecular weight excluding hydrogens is 431 g/mol. The number of amides is 1. The maximum atomic E-state index is 14.8. The molecule has 1 amide bonds. The van der Waals surface area contributed by atoms with Crippen molar-refractivity contribution in [3.05, 3.63) is 58.9 Å². The van der Waals surface area contributed by atoms with Crippen LogP contribution in [0.15, 0.2) is 58.4 Å². The molecule has 1 fully saturated rings. The molecule has 0 saturated heterocycles.